The maximum atomic E-state index is 12.8. The zero-order chi connectivity index (χ0) is 47.3. The summed E-state index contributed by atoms with van der Waals surface area (Å²) in [5.74, 6) is -0.841. The van der Waals surface area contributed by atoms with E-state index in [0.717, 1.165) is 57.8 Å². The van der Waals surface area contributed by atoms with Crippen LogP contribution in [0.25, 0.3) is 0 Å². The number of aliphatic hydroxyl groups is 4. The first kappa shape index (κ1) is 60.4. The molecule has 4 N–H and O–H groups in total. The van der Waals surface area contributed by atoms with E-state index in [1.165, 1.54) is 122 Å². The van der Waals surface area contributed by atoms with E-state index in [9.17, 15) is 30.0 Å². The number of allylic oxidation sites excluding steroid dienone is 10. The molecule has 1 fully saturated rings. The first-order valence-electron chi connectivity index (χ1n) is 26.4. The molecule has 376 valence electrons. The van der Waals surface area contributed by atoms with Crippen molar-refractivity contribution in [2.75, 3.05) is 19.8 Å². The molecule has 0 aromatic carbocycles. The molecule has 0 spiro atoms. The van der Waals surface area contributed by atoms with Crippen LogP contribution in [0, 0.1) is 0 Å². The standard InChI is InChI=1S/C55H96O10/c1-3-5-7-9-11-13-15-17-19-21-23-24-26-28-30-32-34-36-38-40-42-44-51(58)64-48(47-63-55-54(61)53(60)52(59)49(45-56)65-55)46-62-50(57)43-41-39-37-35-33-31-29-27-25-22-20-18-16-14-12-10-8-6-4-2/h12,14,17-20,25,27,31,33,48-49,52-56,59-61H,3-11,13,15-16,21-24,26,28-30,32,34-47H2,1-2H3/b14-12+,19-17+,20-18+,27-25+,33-31+/t48-,49-,52+,53?,54?,55-/m1/s1. The monoisotopic (exact) mass is 917 g/mol. The van der Waals surface area contributed by atoms with Gasteiger partial charge in [-0.15, -0.1) is 0 Å². The van der Waals surface area contributed by atoms with E-state index in [2.05, 4.69) is 74.6 Å². The number of aliphatic hydroxyl groups excluding tert-OH is 4. The second-order valence-corrected chi connectivity index (χ2v) is 18.0. The fourth-order valence-electron chi connectivity index (χ4n) is 7.70. The molecule has 0 radical (unpaired) electrons. The van der Waals surface area contributed by atoms with E-state index in [4.69, 9.17) is 18.9 Å². The van der Waals surface area contributed by atoms with Crippen LogP contribution in [0.4, 0.5) is 0 Å². The number of hydrogen-bond acceptors (Lipinski definition) is 10. The number of esters is 2. The van der Waals surface area contributed by atoms with Gasteiger partial charge in [-0.3, -0.25) is 9.59 Å². The van der Waals surface area contributed by atoms with Gasteiger partial charge in [0.1, 0.15) is 31.0 Å². The van der Waals surface area contributed by atoms with Crippen LogP contribution in [0.5, 0.6) is 0 Å². The second-order valence-electron chi connectivity index (χ2n) is 18.0. The lowest BCUT2D eigenvalue weighted by molar-refractivity contribution is -0.305. The summed E-state index contributed by atoms with van der Waals surface area (Å²) < 4.78 is 22.2. The van der Waals surface area contributed by atoms with Crippen LogP contribution >= 0.6 is 0 Å². The van der Waals surface area contributed by atoms with Gasteiger partial charge in [-0.2, -0.15) is 0 Å². The molecule has 0 aromatic heterocycles. The van der Waals surface area contributed by atoms with Gasteiger partial charge < -0.3 is 39.4 Å². The lowest BCUT2D eigenvalue weighted by atomic mass is 9.99. The molecule has 1 heterocycles. The fourth-order valence-corrected chi connectivity index (χ4v) is 7.70. The van der Waals surface area contributed by atoms with Crippen LogP contribution in [-0.2, 0) is 28.5 Å². The normalized spacial score (nSPS) is 19.8. The van der Waals surface area contributed by atoms with Gasteiger partial charge >= 0.3 is 11.9 Å². The molecule has 65 heavy (non-hydrogen) atoms. The van der Waals surface area contributed by atoms with E-state index in [0.29, 0.717) is 12.8 Å². The number of carbonyl (C=O) groups is 2. The molecule has 0 aromatic rings. The number of rotatable bonds is 44. The summed E-state index contributed by atoms with van der Waals surface area (Å²) in [4.78, 5) is 25.5. The van der Waals surface area contributed by atoms with Gasteiger partial charge in [-0.05, 0) is 83.5 Å². The Morgan fingerprint density at radius 3 is 1.35 bits per heavy atom. The van der Waals surface area contributed by atoms with Gasteiger partial charge in [0.05, 0.1) is 13.2 Å². The molecule has 1 aliphatic heterocycles. The molecule has 0 saturated carbocycles. The molecule has 10 nitrogen and oxygen atoms in total. The van der Waals surface area contributed by atoms with Gasteiger partial charge in [-0.1, -0.05) is 184 Å². The van der Waals surface area contributed by atoms with E-state index in [1.54, 1.807) is 0 Å². The Hall–Kier alpha value is -2.60. The molecule has 0 amide bonds. The predicted octanol–water partition coefficient (Wildman–Crippen LogP) is 12.6. The number of hydrogen-bond donors (Lipinski definition) is 4. The highest BCUT2D eigenvalue weighted by Gasteiger charge is 2.44. The van der Waals surface area contributed by atoms with E-state index in [1.807, 2.05) is 0 Å². The Bertz CT molecular complexity index is 1240. The molecule has 0 bridgehead atoms. The minimum Gasteiger partial charge on any atom is -0.462 e. The highest BCUT2D eigenvalue weighted by atomic mass is 16.7. The molecular formula is C55H96O10. The van der Waals surface area contributed by atoms with Crippen molar-refractivity contribution < 1.29 is 49.0 Å². The number of carbonyl (C=O) groups excluding carboxylic acids is 2. The summed E-state index contributed by atoms with van der Waals surface area (Å²) in [5, 5.41) is 40.2. The average molecular weight is 917 g/mol. The minimum atomic E-state index is -1.60. The van der Waals surface area contributed by atoms with Crippen molar-refractivity contribution >= 4 is 11.9 Å². The van der Waals surface area contributed by atoms with Gasteiger partial charge in [0.15, 0.2) is 12.4 Å². The maximum absolute atomic E-state index is 12.8. The van der Waals surface area contributed by atoms with Crippen LogP contribution in [0.3, 0.4) is 0 Å². The van der Waals surface area contributed by atoms with Crippen LogP contribution in [0.15, 0.2) is 60.8 Å². The van der Waals surface area contributed by atoms with E-state index < -0.39 is 55.4 Å². The first-order valence-corrected chi connectivity index (χ1v) is 26.4. The van der Waals surface area contributed by atoms with E-state index in [-0.39, 0.29) is 26.1 Å². The number of unbranched alkanes of at least 4 members (excludes halogenated alkanes) is 23. The van der Waals surface area contributed by atoms with Crippen LogP contribution in [0.2, 0.25) is 0 Å². The zero-order valence-corrected chi connectivity index (χ0v) is 41.2. The Labute approximate surface area is 396 Å². The quantitative estimate of drug-likeness (QED) is 0.0264. The summed E-state index contributed by atoms with van der Waals surface area (Å²) >= 11 is 0. The Balaban J connectivity index is 2.28. The van der Waals surface area contributed by atoms with Crippen molar-refractivity contribution in [1.29, 1.82) is 0 Å². The van der Waals surface area contributed by atoms with Crippen LogP contribution in [0.1, 0.15) is 219 Å². The average Bonchev–Trinajstić information content (AvgIpc) is 3.30. The molecule has 0 aliphatic carbocycles. The van der Waals surface area contributed by atoms with Crippen molar-refractivity contribution in [3.63, 3.8) is 0 Å². The van der Waals surface area contributed by atoms with Gasteiger partial charge in [0.2, 0.25) is 0 Å². The molecular weight excluding hydrogens is 821 g/mol. The first-order chi connectivity index (χ1) is 31.8. The van der Waals surface area contributed by atoms with Crippen LogP contribution in [-0.4, -0.2) is 89.0 Å². The van der Waals surface area contributed by atoms with Crippen molar-refractivity contribution in [1.82, 2.24) is 0 Å². The van der Waals surface area contributed by atoms with Crippen molar-refractivity contribution in [3.8, 4) is 0 Å². The van der Waals surface area contributed by atoms with Crippen molar-refractivity contribution in [2.24, 2.45) is 0 Å². The summed E-state index contributed by atoms with van der Waals surface area (Å²) in [7, 11) is 0. The second kappa shape index (κ2) is 45.2. The topological polar surface area (TPSA) is 152 Å². The smallest absolute Gasteiger partial charge is 0.306 e. The fraction of sp³-hybridized carbons (Fsp3) is 0.782. The lowest BCUT2D eigenvalue weighted by Gasteiger charge is -2.39. The highest BCUT2D eigenvalue weighted by Crippen LogP contribution is 2.23. The Kier molecular flexibility index (Phi) is 42.0. The molecule has 2 unspecified atom stereocenters. The lowest BCUT2D eigenvalue weighted by Crippen LogP contribution is -2.59. The maximum Gasteiger partial charge on any atom is 0.306 e. The van der Waals surface area contributed by atoms with E-state index >= 15 is 0 Å². The third kappa shape index (κ3) is 36.2. The molecule has 1 saturated heterocycles. The predicted molar refractivity (Wildman–Crippen MR) is 265 cm³/mol. The molecule has 1 rings (SSSR count). The third-order valence-electron chi connectivity index (χ3n) is 11.9. The zero-order valence-electron chi connectivity index (χ0n) is 41.2. The summed E-state index contributed by atoms with van der Waals surface area (Å²) in [5.41, 5.74) is 0. The summed E-state index contributed by atoms with van der Waals surface area (Å²) in [6.07, 6.45) is 49.4. The summed E-state index contributed by atoms with van der Waals surface area (Å²) in [6.45, 7) is 3.38. The largest absolute Gasteiger partial charge is 0.462 e. The van der Waals surface area contributed by atoms with Gasteiger partial charge in [0, 0.05) is 12.8 Å². The molecule has 1 aliphatic rings. The summed E-state index contributed by atoms with van der Waals surface area (Å²) in [6, 6.07) is 0. The highest BCUT2D eigenvalue weighted by molar-refractivity contribution is 5.70. The van der Waals surface area contributed by atoms with Gasteiger partial charge in [-0.25, -0.2) is 0 Å². The van der Waals surface area contributed by atoms with Crippen molar-refractivity contribution in [2.45, 2.75) is 256 Å². The molecule has 10 heteroatoms. The van der Waals surface area contributed by atoms with Crippen LogP contribution < -0.4 is 0 Å². The Morgan fingerprint density at radius 2 is 0.862 bits per heavy atom. The minimum absolute atomic E-state index is 0.220. The number of ether oxygens (including phenoxy) is 4. The van der Waals surface area contributed by atoms with Crippen molar-refractivity contribution in [3.05, 3.63) is 60.8 Å². The Morgan fingerprint density at radius 1 is 0.477 bits per heavy atom. The molecule has 6 atom stereocenters. The third-order valence-corrected chi connectivity index (χ3v) is 11.9. The SMILES string of the molecule is CCCCC/C=C/C/C=C/C/C=C/C/C=C/CCCCCC(=O)OC[C@H](CO[C@@H]1O[C@H](CO)[C@H](O)C(O)C1O)OC(=O)CCCCCCCCCCCCC/C=C/CCCCCCCC. The van der Waals surface area contributed by atoms with Gasteiger partial charge in [0.25, 0.3) is 0 Å².